The van der Waals surface area contributed by atoms with Crippen LogP contribution < -0.4 is 19.5 Å². The smallest absolute Gasteiger partial charge is 0.270 e. The highest BCUT2D eigenvalue weighted by molar-refractivity contribution is 7.09. The fourth-order valence-corrected chi connectivity index (χ4v) is 6.34. The normalized spacial score (nSPS) is 11.1. The Bertz CT molecular complexity index is 1620. The number of hydrogen-bond acceptors (Lipinski definition) is 7. The lowest BCUT2D eigenvalue weighted by Gasteiger charge is -2.22. The minimum Gasteiger partial charge on any atom is -0.497 e. The van der Waals surface area contributed by atoms with Crippen molar-refractivity contribution in [3.05, 3.63) is 141 Å². The van der Waals surface area contributed by atoms with Crippen molar-refractivity contribution < 1.29 is 19.0 Å². The number of rotatable bonds is 16. The van der Waals surface area contributed by atoms with E-state index in [4.69, 9.17) is 19.2 Å². The summed E-state index contributed by atoms with van der Waals surface area (Å²) >= 11 is 1.52. The number of benzene rings is 4. The van der Waals surface area contributed by atoms with Crippen LogP contribution in [0.1, 0.15) is 50.1 Å². The first kappa shape index (κ1) is 32.7. The molecule has 46 heavy (non-hydrogen) atoms. The van der Waals surface area contributed by atoms with Gasteiger partial charge in [0.15, 0.2) is 11.5 Å². The number of carbonyl (C=O) groups is 1. The summed E-state index contributed by atoms with van der Waals surface area (Å²) in [6, 6.07) is 35.1. The summed E-state index contributed by atoms with van der Waals surface area (Å²) in [4.78, 5) is 20.3. The maximum atomic E-state index is 13.2. The van der Waals surface area contributed by atoms with Gasteiger partial charge in [-0.1, -0.05) is 78.9 Å². The Morgan fingerprint density at radius 3 is 2.07 bits per heavy atom. The van der Waals surface area contributed by atoms with E-state index in [9.17, 15) is 4.79 Å². The average molecular weight is 636 g/mol. The van der Waals surface area contributed by atoms with Crippen LogP contribution >= 0.6 is 11.3 Å². The number of aromatic nitrogens is 1. The molecule has 0 saturated carbocycles. The van der Waals surface area contributed by atoms with Gasteiger partial charge in [0, 0.05) is 30.9 Å². The van der Waals surface area contributed by atoms with E-state index in [0.717, 1.165) is 48.0 Å². The van der Waals surface area contributed by atoms with Crippen LogP contribution in [-0.2, 0) is 19.5 Å². The lowest BCUT2D eigenvalue weighted by molar-refractivity contribution is 0.0948. The summed E-state index contributed by atoms with van der Waals surface area (Å²) in [7, 11) is 4.97. The zero-order valence-electron chi connectivity index (χ0n) is 26.6. The Morgan fingerprint density at radius 1 is 0.783 bits per heavy atom. The summed E-state index contributed by atoms with van der Waals surface area (Å²) in [5, 5.41) is 5.87. The average Bonchev–Trinajstić information content (AvgIpc) is 3.58. The molecule has 0 radical (unpaired) electrons. The van der Waals surface area contributed by atoms with E-state index in [1.165, 1.54) is 28.0 Å². The number of hydrogen-bond donors (Lipinski definition) is 1. The van der Waals surface area contributed by atoms with Gasteiger partial charge in [0.2, 0.25) is 0 Å². The zero-order chi connectivity index (χ0) is 32.1. The topological polar surface area (TPSA) is 72.9 Å². The van der Waals surface area contributed by atoms with E-state index < -0.39 is 0 Å². The standard InChI is InChI=1S/C38H41N3O4S/c1-43-32-17-14-29(15-18-32)25-41(23-21-28-16-19-35(44-2)36(24-28)45-3)26-37-40-34(27-46-37)38(42)39-22-20-33(30-10-6-4-7-11-30)31-12-8-5-9-13-31/h4-19,24,27,33H,20-23,25-26H2,1-3H3,(H,39,42). The molecule has 8 heteroatoms. The van der Waals surface area contributed by atoms with Gasteiger partial charge in [-0.25, -0.2) is 4.98 Å². The molecule has 1 N–H and O–H groups in total. The molecular weight excluding hydrogens is 595 g/mol. The number of methoxy groups -OCH3 is 3. The van der Waals surface area contributed by atoms with Crippen molar-refractivity contribution in [2.45, 2.75) is 31.8 Å². The minimum atomic E-state index is -0.144. The van der Waals surface area contributed by atoms with Gasteiger partial charge in [-0.05, 0) is 59.4 Å². The molecule has 4 aromatic carbocycles. The van der Waals surface area contributed by atoms with E-state index in [1.54, 1.807) is 21.3 Å². The van der Waals surface area contributed by atoms with Gasteiger partial charge in [-0.3, -0.25) is 9.69 Å². The number of nitrogens with zero attached hydrogens (tertiary/aromatic N) is 2. The fraction of sp³-hybridized carbons (Fsp3) is 0.263. The predicted molar refractivity (Wildman–Crippen MR) is 184 cm³/mol. The van der Waals surface area contributed by atoms with Crippen molar-refractivity contribution in [2.24, 2.45) is 0 Å². The van der Waals surface area contributed by atoms with Gasteiger partial charge >= 0.3 is 0 Å². The van der Waals surface area contributed by atoms with E-state index in [-0.39, 0.29) is 11.8 Å². The largest absolute Gasteiger partial charge is 0.497 e. The molecule has 0 saturated heterocycles. The van der Waals surface area contributed by atoms with E-state index in [2.05, 4.69) is 76.9 Å². The third kappa shape index (κ3) is 8.96. The van der Waals surface area contributed by atoms with E-state index >= 15 is 0 Å². The molecule has 7 nitrogen and oxygen atoms in total. The summed E-state index contributed by atoms with van der Waals surface area (Å²) in [5.41, 5.74) is 5.27. The molecule has 0 fully saturated rings. The molecule has 0 unspecified atom stereocenters. The first-order valence-corrected chi connectivity index (χ1v) is 16.3. The Hall–Kier alpha value is -4.66. The molecule has 0 aliphatic carbocycles. The number of amides is 1. The molecule has 0 aliphatic rings. The van der Waals surface area contributed by atoms with Crippen molar-refractivity contribution in [1.82, 2.24) is 15.2 Å². The van der Waals surface area contributed by atoms with Crippen molar-refractivity contribution in [3.63, 3.8) is 0 Å². The molecule has 5 rings (SSSR count). The van der Waals surface area contributed by atoms with Gasteiger partial charge in [-0.15, -0.1) is 11.3 Å². The van der Waals surface area contributed by atoms with Crippen LogP contribution in [0.4, 0.5) is 0 Å². The number of nitrogens with one attached hydrogen (secondary N) is 1. The lowest BCUT2D eigenvalue weighted by atomic mass is 9.88. The molecule has 0 atom stereocenters. The van der Waals surface area contributed by atoms with Crippen LogP contribution in [0, 0.1) is 0 Å². The Kier molecular flexibility index (Phi) is 11.8. The van der Waals surface area contributed by atoms with Crippen LogP contribution in [0.2, 0.25) is 0 Å². The number of carbonyl (C=O) groups excluding carboxylic acids is 1. The monoisotopic (exact) mass is 635 g/mol. The SMILES string of the molecule is COc1ccc(CN(CCc2ccc(OC)c(OC)c2)Cc2nc(C(=O)NCCC(c3ccccc3)c3ccccc3)cs2)cc1. The van der Waals surface area contributed by atoms with Crippen LogP contribution in [0.15, 0.2) is 109 Å². The van der Waals surface area contributed by atoms with Crippen LogP contribution in [0.5, 0.6) is 17.2 Å². The van der Waals surface area contributed by atoms with Gasteiger partial charge < -0.3 is 19.5 Å². The molecule has 238 valence electrons. The second-order valence-electron chi connectivity index (χ2n) is 11.0. The second-order valence-corrected chi connectivity index (χ2v) is 12.0. The summed E-state index contributed by atoms with van der Waals surface area (Å²) in [6.07, 6.45) is 1.61. The van der Waals surface area contributed by atoms with Crippen LogP contribution in [0.3, 0.4) is 0 Å². The summed E-state index contributed by atoms with van der Waals surface area (Å²) in [6.45, 7) is 2.71. The second kappa shape index (κ2) is 16.6. The summed E-state index contributed by atoms with van der Waals surface area (Å²) < 4.78 is 16.3. The predicted octanol–water partition coefficient (Wildman–Crippen LogP) is 7.37. The molecular formula is C38H41N3O4S. The zero-order valence-corrected chi connectivity index (χ0v) is 27.5. The molecule has 0 bridgehead atoms. The fourth-order valence-electron chi connectivity index (χ4n) is 5.52. The van der Waals surface area contributed by atoms with Crippen molar-refractivity contribution >= 4 is 17.2 Å². The van der Waals surface area contributed by atoms with Gasteiger partial charge in [0.1, 0.15) is 16.5 Å². The quantitative estimate of drug-likeness (QED) is 0.122. The summed E-state index contributed by atoms with van der Waals surface area (Å²) in [5.74, 6) is 2.32. The lowest BCUT2D eigenvalue weighted by Crippen LogP contribution is -2.27. The maximum Gasteiger partial charge on any atom is 0.270 e. The Morgan fingerprint density at radius 2 is 1.43 bits per heavy atom. The Labute approximate surface area is 275 Å². The first-order chi connectivity index (χ1) is 22.6. The van der Waals surface area contributed by atoms with E-state index in [1.807, 2.05) is 41.8 Å². The molecule has 0 aliphatic heterocycles. The molecule has 0 spiro atoms. The highest BCUT2D eigenvalue weighted by Gasteiger charge is 2.17. The van der Waals surface area contributed by atoms with Gasteiger partial charge in [-0.2, -0.15) is 0 Å². The molecule has 5 aromatic rings. The Balaban J connectivity index is 1.23. The highest BCUT2D eigenvalue weighted by atomic mass is 32.1. The molecule has 1 aromatic heterocycles. The van der Waals surface area contributed by atoms with Gasteiger partial charge in [0.25, 0.3) is 5.91 Å². The third-order valence-corrected chi connectivity index (χ3v) is 8.83. The van der Waals surface area contributed by atoms with E-state index in [0.29, 0.717) is 24.5 Å². The number of ether oxygens (including phenoxy) is 3. The van der Waals surface area contributed by atoms with Crippen molar-refractivity contribution in [3.8, 4) is 17.2 Å². The van der Waals surface area contributed by atoms with Crippen molar-refractivity contribution in [1.29, 1.82) is 0 Å². The third-order valence-electron chi connectivity index (χ3n) is 8.00. The molecule has 1 heterocycles. The molecule has 1 amide bonds. The highest BCUT2D eigenvalue weighted by Crippen LogP contribution is 2.29. The minimum absolute atomic E-state index is 0.144. The first-order valence-electron chi connectivity index (χ1n) is 15.4. The van der Waals surface area contributed by atoms with Gasteiger partial charge in [0.05, 0.1) is 27.9 Å². The van der Waals surface area contributed by atoms with Crippen LogP contribution in [-0.4, -0.2) is 50.2 Å². The van der Waals surface area contributed by atoms with Crippen LogP contribution in [0.25, 0.3) is 0 Å². The maximum absolute atomic E-state index is 13.2. The number of thiazole rings is 1. The van der Waals surface area contributed by atoms with Crippen molar-refractivity contribution in [2.75, 3.05) is 34.4 Å².